The molecule has 0 amide bonds. The standard InChI is InChI=1S/C14H13ClN6/c15-12-17-13(20-7-3-4-8-20)19-14(18-12)21-9-16-10-5-1-2-6-11(10)21/h1-2,5-6,9H,3-4,7-8H2. The molecule has 1 saturated heterocycles. The summed E-state index contributed by atoms with van der Waals surface area (Å²) in [6.45, 7) is 1.93. The van der Waals surface area contributed by atoms with E-state index >= 15 is 0 Å². The maximum atomic E-state index is 6.07. The van der Waals surface area contributed by atoms with Crippen LogP contribution in [-0.4, -0.2) is 37.6 Å². The zero-order valence-electron chi connectivity index (χ0n) is 11.3. The molecule has 3 heterocycles. The number of para-hydroxylation sites is 2. The number of rotatable bonds is 2. The molecule has 106 valence electrons. The molecular weight excluding hydrogens is 288 g/mol. The molecule has 1 aromatic carbocycles. The third-order valence-electron chi connectivity index (χ3n) is 3.64. The summed E-state index contributed by atoms with van der Waals surface area (Å²) in [4.78, 5) is 19.5. The van der Waals surface area contributed by atoms with Crippen LogP contribution in [0.25, 0.3) is 17.0 Å². The summed E-state index contributed by atoms with van der Waals surface area (Å²) < 4.78 is 1.84. The van der Waals surface area contributed by atoms with Crippen LogP contribution in [0.3, 0.4) is 0 Å². The van der Waals surface area contributed by atoms with Crippen molar-refractivity contribution in [3.63, 3.8) is 0 Å². The molecule has 7 heteroatoms. The highest BCUT2D eigenvalue weighted by atomic mass is 35.5. The molecule has 0 saturated carbocycles. The molecule has 1 fully saturated rings. The Labute approximate surface area is 126 Å². The van der Waals surface area contributed by atoms with Crippen LogP contribution in [-0.2, 0) is 0 Å². The van der Waals surface area contributed by atoms with Crippen LogP contribution in [0.5, 0.6) is 0 Å². The van der Waals surface area contributed by atoms with E-state index in [0.29, 0.717) is 11.9 Å². The fourth-order valence-corrected chi connectivity index (χ4v) is 2.77. The third kappa shape index (κ3) is 2.21. The lowest BCUT2D eigenvalue weighted by Crippen LogP contribution is -2.21. The fourth-order valence-electron chi connectivity index (χ4n) is 2.61. The van der Waals surface area contributed by atoms with E-state index in [4.69, 9.17) is 11.6 Å². The minimum atomic E-state index is 0.208. The highest BCUT2D eigenvalue weighted by molar-refractivity contribution is 6.28. The van der Waals surface area contributed by atoms with Crippen LogP contribution < -0.4 is 4.90 Å². The number of fused-ring (bicyclic) bond motifs is 1. The Bertz CT molecular complexity index is 793. The van der Waals surface area contributed by atoms with Crippen molar-refractivity contribution in [3.8, 4) is 5.95 Å². The number of benzene rings is 1. The fraction of sp³-hybridized carbons (Fsp3) is 0.286. The van der Waals surface area contributed by atoms with E-state index in [1.165, 1.54) is 0 Å². The molecule has 21 heavy (non-hydrogen) atoms. The van der Waals surface area contributed by atoms with Crippen molar-refractivity contribution in [2.45, 2.75) is 12.8 Å². The van der Waals surface area contributed by atoms with Gasteiger partial charge < -0.3 is 4.90 Å². The van der Waals surface area contributed by atoms with Gasteiger partial charge in [0.15, 0.2) is 0 Å². The number of hydrogen-bond acceptors (Lipinski definition) is 5. The van der Waals surface area contributed by atoms with Gasteiger partial charge in [-0.3, -0.25) is 4.57 Å². The topological polar surface area (TPSA) is 59.7 Å². The van der Waals surface area contributed by atoms with Gasteiger partial charge in [-0.25, -0.2) is 4.98 Å². The van der Waals surface area contributed by atoms with E-state index in [1.54, 1.807) is 6.33 Å². The van der Waals surface area contributed by atoms with E-state index in [-0.39, 0.29) is 5.28 Å². The number of halogens is 1. The average Bonchev–Trinajstić information content (AvgIpc) is 3.16. The molecule has 3 aromatic rings. The highest BCUT2D eigenvalue weighted by Gasteiger charge is 2.18. The molecular formula is C14H13ClN6. The minimum Gasteiger partial charge on any atom is -0.341 e. The predicted molar refractivity (Wildman–Crippen MR) is 80.9 cm³/mol. The monoisotopic (exact) mass is 300 g/mol. The van der Waals surface area contributed by atoms with E-state index in [0.717, 1.165) is 37.0 Å². The number of imidazole rings is 1. The second-order valence-corrected chi connectivity index (χ2v) is 5.34. The zero-order chi connectivity index (χ0) is 14.2. The molecule has 0 spiro atoms. The Morgan fingerprint density at radius 1 is 0.952 bits per heavy atom. The van der Waals surface area contributed by atoms with E-state index in [2.05, 4.69) is 24.8 Å². The van der Waals surface area contributed by atoms with Gasteiger partial charge in [-0.05, 0) is 36.6 Å². The number of aromatic nitrogens is 5. The molecule has 1 aliphatic heterocycles. The molecule has 0 radical (unpaired) electrons. The van der Waals surface area contributed by atoms with E-state index in [1.807, 2.05) is 28.8 Å². The zero-order valence-corrected chi connectivity index (χ0v) is 12.0. The Hall–Kier alpha value is -2.21. The summed E-state index contributed by atoms with van der Waals surface area (Å²) in [5, 5.41) is 0.208. The number of hydrogen-bond donors (Lipinski definition) is 0. The van der Waals surface area contributed by atoms with Crippen LogP contribution in [0.2, 0.25) is 5.28 Å². The Morgan fingerprint density at radius 3 is 2.57 bits per heavy atom. The Morgan fingerprint density at radius 2 is 1.71 bits per heavy atom. The van der Waals surface area contributed by atoms with Crippen LogP contribution >= 0.6 is 11.6 Å². The maximum Gasteiger partial charge on any atom is 0.241 e. The lowest BCUT2D eigenvalue weighted by molar-refractivity contribution is 0.845. The van der Waals surface area contributed by atoms with Gasteiger partial charge in [0.1, 0.15) is 6.33 Å². The van der Waals surface area contributed by atoms with E-state index in [9.17, 15) is 0 Å². The average molecular weight is 301 g/mol. The van der Waals surface area contributed by atoms with Gasteiger partial charge in [0.05, 0.1) is 11.0 Å². The van der Waals surface area contributed by atoms with Gasteiger partial charge in [0.2, 0.25) is 17.2 Å². The summed E-state index contributed by atoms with van der Waals surface area (Å²) in [7, 11) is 0. The van der Waals surface area contributed by atoms with Gasteiger partial charge in [0, 0.05) is 13.1 Å². The molecule has 2 aromatic heterocycles. The third-order valence-corrected chi connectivity index (χ3v) is 3.81. The molecule has 1 aliphatic rings. The Balaban J connectivity index is 1.84. The van der Waals surface area contributed by atoms with Crippen molar-refractivity contribution in [1.29, 1.82) is 0 Å². The molecule has 0 unspecified atom stereocenters. The lowest BCUT2D eigenvalue weighted by Gasteiger charge is -2.15. The Kier molecular flexibility index (Phi) is 2.96. The van der Waals surface area contributed by atoms with Crippen LogP contribution in [0.4, 0.5) is 5.95 Å². The smallest absolute Gasteiger partial charge is 0.241 e. The minimum absolute atomic E-state index is 0.208. The van der Waals surface area contributed by atoms with Gasteiger partial charge in [-0.1, -0.05) is 12.1 Å². The van der Waals surface area contributed by atoms with Crippen molar-refractivity contribution >= 4 is 28.6 Å². The predicted octanol–water partition coefficient (Wildman–Crippen LogP) is 2.46. The summed E-state index contributed by atoms with van der Waals surface area (Å²) in [6, 6.07) is 7.85. The number of anilines is 1. The van der Waals surface area contributed by atoms with Gasteiger partial charge in [-0.2, -0.15) is 15.0 Å². The first-order valence-electron chi connectivity index (χ1n) is 6.90. The molecule has 6 nitrogen and oxygen atoms in total. The van der Waals surface area contributed by atoms with Crippen molar-refractivity contribution in [2.24, 2.45) is 0 Å². The molecule has 0 atom stereocenters. The molecule has 4 rings (SSSR count). The quantitative estimate of drug-likeness (QED) is 0.727. The summed E-state index contributed by atoms with van der Waals surface area (Å²) >= 11 is 6.07. The second kappa shape index (κ2) is 4.96. The lowest BCUT2D eigenvalue weighted by atomic mass is 10.3. The first kappa shape index (κ1) is 12.5. The first-order valence-corrected chi connectivity index (χ1v) is 7.28. The van der Waals surface area contributed by atoms with Crippen LogP contribution in [0.1, 0.15) is 12.8 Å². The van der Waals surface area contributed by atoms with Crippen molar-refractivity contribution in [1.82, 2.24) is 24.5 Å². The normalized spacial score (nSPS) is 15.0. The number of nitrogens with zero attached hydrogens (tertiary/aromatic N) is 6. The second-order valence-electron chi connectivity index (χ2n) is 5.00. The largest absolute Gasteiger partial charge is 0.341 e. The van der Waals surface area contributed by atoms with Crippen LogP contribution in [0.15, 0.2) is 30.6 Å². The molecule has 0 aliphatic carbocycles. The van der Waals surface area contributed by atoms with Crippen molar-refractivity contribution in [2.75, 3.05) is 18.0 Å². The summed E-state index contributed by atoms with van der Waals surface area (Å²) in [5.74, 6) is 1.14. The van der Waals surface area contributed by atoms with Gasteiger partial charge in [-0.15, -0.1) is 0 Å². The van der Waals surface area contributed by atoms with E-state index < -0.39 is 0 Å². The summed E-state index contributed by atoms with van der Waals surface area (Å²) in [5.41, 5.74) is 1.85. The molecule has 0 N–H and O–H groups in total. The van der Waals surface area contributed by atoms with Crippen molar-refractivity contribution in [3.05, 3.63) is 35.9 Å². The maximum absolute atomic E-state index is 6.07. The van der Waals surface area contributed by atoms with Crippen LogP contribution in [0, 0.1) is 0 Å². The SMILES string of the molecule is Clc1nc(N2CCCC2)nc(-n2cnc3ccccc32)n1. The van der Waals surface area contributed by atoms with Gasteiger partial charge in [0.25, 0.3) is 0 Å². The first-order chi connectivity index (χ1) is 10.3. The van der Waals surface area contributed by atoms with Gasteiger partial charge >= 0.3 is 0 Å². The van der Waals surface area contributed by atoms with Crippen molar-refractivity contribution < 1.29 is 0 Å². The highest BCUT2D eigenvalue weighted by Crippen LogP contribution is 2.20. The summed E-state index contributed by atoms with van der Waals surface area (Å²) in [6.07, 6.45) is 4.03. The molecule has 0 bridgehead atoms.